The van der Waals surface area contributed by atoms with E-state index in [1.165, 1.54) is 24.8 Å². The lowest BCUT2D eigenvalue weighted by molar-refractivity contribution is 0.574. The Balaban J connectivity index is 2.37. The minimum absolute atomic E-state index is 0.169. The molecule has 0 aliphatic rings. The minimum atomic E-state index is -3.48. The summed E-state index contributed by atoms with van der Waals surface area (Å²) in [5.41, 5.74) is 2.33. The van der Waals surface area contributed by atoms with E-state index < -0.39 is 10.0 Å². The van der Waals surface area contributed by atoms with Crippen molar-refractivity contribution in [3.63, 3.8) is 0 Å². The third-order valence-electron chi connectivity index (χ3n) is 2.76. The summed E-state index contributed by atoms with van der Waals surface area (Å²) >= 11 is 1.84. The molecule has 0 aromatic carbocycles. The maximum Gasteiger partial charge on any atom is 0.240 e. The zero-order valence-corrected chi connectivity index (χ0v) is 13.3. The number of thioether (sulfide) groups is 1. The molecule has 1 aromatic rings. The number of sulfonamides is 1. The van der Waals surface area contributed by atoms with E-state index in [0.29, 0.717) is 12.4 Å². The maximum atomic E-state index is 12.0. The number of hydrogen-bond acceptors (Lipinski definition) is 6. The van der Waals surface area contributed by atoms with Crippen molar-refractivity contribution in [3.8, 4) is 0 Å². The van der Waals surface area contributed by atoms with Gasteiger partial charge in [0, 0.05) is 18.8 Å². The lowest BCUT2D eigenvalue weighted by atomic mass is 10.2. The SMILES string of the molecule is CSCCCCCCNS(=O)(=O)c1ccnc(NN)c1. The van der Waals surface area contributed by atoms with Crippen LogP contribution in [-0.4, -0.2) is 32.0 Å². The van der Waals surface area contributed by atoms with Crippen LogP contribution in [0.5, 0.6) is 0 Å². The highest BCUT2D eigenvalue weighted by atomic mass is 32.2. The molecule has 0 unspecified atom stereocenters. The predicted molar refractivity (Wildman–Crippen MR) is 84.1 cm³/mol. The number of hydrogen-bond donors (Lipinski definition) is 3. The summed E-state index contributed by atoms with van der Waals surface area (Å²) in [6, 6.07) is 2.85. The van der Waals surface area contributed by atoms with Crippen LogP contribution < -0.4 is 16.0 Å². The number of nitrogens with zero attached hydrogens (tertiary/aromatic N) is 1. The van der Waals surface area contributed by atoms with Crippen molar-refractivity contribution >= 4 is 27.6 Å². The molecule has 4 N–H and O–H groups in total. The van der Waals surface area contributed by atoms with Gasteiger partial charge in [-0.25, -0.2) is 24.0 Å². The molecular formula is C12H22N4O2S2. The van der Waals surface area contributed by atoms with E-state index in [0.717, 1.165) is 25.0 Å². The first-order valence-electron chi connectivity index (χ1n) is 6.51. The molecule has 0 amide bonds. The van der Waals surface area contributed by atoms with Crippen LogP contribution in [0.4, 0.5) is 5.82 Å². The van der Waals surface area contributed by atoms with Crippen molar-refractivity contribution in [1.29, 1.82) is 0 Å². The number of nitrogens with two attached hydrogens (primary N) is 1. The predicted octanol–water partition coefficient (Wildman–Crippen LogP) is 1.57. The van der Waals surface area contributed by atoms with Gasteiger partial charge in [-0.05, 0) is 30.9 Å². The van der Waals surface area contributed by atoms with Crippen LogP contribution in [0.15, 0.2) is 23.2 Å². The number of aromatic nitrogens is 1. The highest BCUT2D eigenvalue weighted by Gasteiger charge is 2.13. The van der Waals surface area contributed by atoms with Gasteiger partial charge in [0.2, 0.25) is 10.0 Å². The lowest BCUT2D eigenvalue weighted by Crippen LogP contribution is -2.25. The van der Waals surface area contributed by atoms with Crippen LogP contribution in [0.2, 0.25) is 0 Å². The highest BCUT2D eigenvalue weighted by molar-refractivity contribution is 7.98. The number of pyridine rings is 1. The Morgan fingerprint density at radius 1 is 1.30 bits per heavy atom. The number of unbranched alkanes of at least 4 members (excludes halogenated alkanes) is 3. The molecule has 6 nitrogen and oxygen atoms in total. The van der Waals surface area contributed by atoms with Crippen LogP contribution in [-0.2, 0) is 10.0 Å². The Bertz CT molecular complexity index is 494. The molecule has 0 atom stereocenters. The standard InChI is InChI=1S/C12H22N4O2S2/c1-19-9-5-3-2-4-7-15-20(17,18)11-6-8-14-12(10-11)16-13/h6,8,10,15H,2-5,7,9,13H2,1H3,(H,14,16). The number of rotatable bonds is 10. The molecule has 1 heterocycles. The first-order valence-corrected chi connectivity index (χ1v) is 9.39. The fourth-order valence-corrected chi connectivity index (χ4v) is 3.25. The van der Waals surface area contributed by atoms with Crippen LogP contribution in [0.3, 0.4) is 0 Å². The van der Waals surface area contributed by atoms with E-state index in [-0.39, 0.29) is 4.90 Å². The van der Waals surface area contributed by atoms with E-state index in [9.17, 15) is 8.42 Å². The first-order chi connectivity index (χ1) is 9.60. The van der Waals surface area contributed by atoms with Crippen molar-refractivity contribution < 1.29 is 8.42 Å². The van der Waals surface area contributed by atoms with E-state index in [4.69, 9.17) is 5.84 Å². The summed E-state index contributed by atoms with van der Waals surface area (Å²) in [5.74, 6) is 6.70. The summed E-state index contributed by atoms with van der Waals surface area (Å²) in [7, 11) is -3.48. The van der Waals surface area contributed by atoms with Gasteiger partial charge >= 0.3 is 0 Å². The minimum Gasteiger partial charge on any atom is -0.308 e. The normalized spacial score (nSPS) is 11.5. The Hall–Kier alpha value is -0.830. The van der Waals surface area contributed by atoms with Crippen molar-refractivity contribution in [2.45, 2.75) is 30.6 Å². The zero-order valence-electron chi connectivity index (χ0n) is 11.6. The second kappa shape index (κ2) is 9.17. The molecule has 20 heavy (non-hydrogen) atoms. The van der Waals surface area contributed by atoms with Crippen molar-refractivity contribution in [2.75, 3.05) is 24.0 Å². The molecule has 0 saturated heterocycles. The Morgan fingerprint density at radius 2 is 2.05 bits per heavy atom. The topological polar surface area (TPSA) is 97.1 Å². The van der Waals surface area contributed by atoms with Crippen molar-refractivity contribution in [2.24, 2.45) is 5.84 Å². The second-order valence-corrected chi connectivity index (χ2v) is 7.08. The molecule has 0 spiro atoms. The summed E-state index contributed by atoms with van der Waals surface area (Å²) in [5, 5.41) is 0. The van der Waals surface area contributed by atoms with Gasteiger partial charge in [0.1, 0.15) is 5.82 Å². The fraction of sp³-hybridized carbons (Fsp3) is 0.583. The molecule has 8 heteroatoms. The summed E-state index contributed by atoms with van der Waals surface area (Å²) in [6.07, 6.45) is 7.71. The molecular weight excluding hydrogens is 296 g/mol. The molecule has 0 bridgehead atoms. The van der Waals surface area contributed by atoms with Crippen LogP contribution in [0, 0.1) is 0 Å². The smallest absolute Gasteiger partial charge is 0.240 e. The highest BCUT2D eigenvalue weighted by Crippen LogP contribution is 2.12. The summed E-state index contributed by atoms with van der Waals surface area (Å²) < 4.78 is 26.6. The number of nitrogen functional groups attached to an aromatic ring is 1. The van der Waals surface area contributed by atoms with Crippen molar-refractivity contribution in [1.82, 2.24) is 9.71 Å². The van der Waals surface area contributed by atoms with E-state index in [1.54, 1.807) is 0 Å². The van der Waals surface area contributed by atoms with Gasteiger partial charge in [-0.3, -0.25) is 0 Å². The quantitative estimate of drug-likeness (QED) is 0.344. The largest absolute Gasteiger partial charge is 0.308 e. The van der Waals surface area contributed by atoms with Gasteiger partial charge in [-0.1, -0.05) is 12.8 Å². The molecule has 1 rings (SSSR count). The van der Waals surface area contributed by atoms with E-state index >= 15 is 0 Å². The van der Waals surface area contributed by atoms with Gasteiger partial charge in [-0.2, -0.15) is 11.8 Å². The van der Waals surface area contributed by atoms with Crippen LogP contribution in [0.25, 0.3) is 0 Å². The number of nitrogens with one attached hydrogen (secondary N) is 2. The average Bonchev–Trinajstić information content (AvgIpc) is 2.46. The second-order valence-electron chi connectivity index (χ2n) is 4.33. The Kier molecular flexibility index (Phi) is 7.90. The molecule has 0 radical (unpaired) electrons. The van der Waals surface area contributed by atoms with Gasteiger partial charge < -0.3 is 5.43 Å². The van der Waals surface area contributed by atoms with E-state index in [1.807, 2.05) is 11.8 Å². The summed E-state index contributed by atoms with van der Waals surface area (Å²) in [6.45, 7) is 0.454. The number of hydrazine groups is 1. The maximum absolute atomic E-state index is 12.0. The average molecular weight is 318 g/mol. The van der Waals surface area contributed by atoms with Gasteiger partial charge in [0.15, 0.2) is 0 Å². The molecule has 1 aromatic heterocycles. The number of anilines is 1. The fourth-order valence-electron chi connectivity index (χ4n) is 1.67. The summed E-state index contributed by atoms with van der Waals surface area (Å²) in [4.78, 5) is 4.05. The van der Waals surface area contributed by atoms with Crippen LogP contribution >= 0.6 is 11.8 Å². The lowest BCUT2D eigenvalue weighted by Gasteiger charge is -2.07. The van der Waals surface area contributed by atoms with E-state index in [2.05, 4.69) is 21.4 Å². The zero-order chi connectivity index (χ0) is 14.8. The van der Waals surface area contributed by atoms with Crippen LogP contribution in [0.1, 0.15) is 25.7 Å². The Labute approximate surface area is 124 Å². The monoisotopic (exact) mass is 318 g/mol. The van der Waals surface area contributed by atoms with Gasteiger partial charge in [0.25, 0.3) is 0 Å². The molecule has 0 aliphatic carbocycles. The van der Waals surface area contributed by atoms with Crippen molar-refractivity contribution in [3.05, 3.63) is 18.3 Å². The molecule has 0 saturated carbocycles. The molecule has 114 valence electrons. The third-order valence-corrected chi connectivity index (χ3v) is 4.91. The van der Waals surface area contributed by atoms with Gasteiger partial charge in [0.05, 0.1) is 4.90 Å². The molecule has 0 aliphatic heterocycles. The third kappa shape index (κ3) is 6.08. The molecule has 0 fully saturated rings. The first kappa shape index (κ1) is 17.2. The Morgan fingerprint density at radius 3 is 2.75 bits per heavy atom. The van der Waals surface area contributed by atoms with Gasteiger partial charge in [-0.15, -0.1) is 0 Å².